The van der Waals surface area contributed by atoms with Crippen molar-refractivity contribution in [3.8, 4) is 10.6 Å². The molecule has 1 aliphatic carbocycles. The van der Waals surface area contributed by atoms with E-state index in [0.717, 1.165) is 41.3 Å². The number of nitrogens with one attached hydrogen (secondary N) is 1. The Morgan fingerprint density at radius 1 is 1.38 bits per heavy atom. The van der Waals surface area contributed by atoms with E-state index in [1.54, 1.807) is 17.4 Å². The Labute approximate surface area is 157 Å². The van der Waals surface area contributed by atoms with Gasteiger partial charge < -0.3 is 5.73 Å². The van der Waals surface area contributed by atoms with Crippen molar-refractivity contribution in [2.45, 2.75) is 42.9 Å². The Kier molecular flexibility index (Phi) is 6.81. The van der Waals surface area contributed by atoms with Crippen molar-refractivity contribution in [3.63, 3.8) is 0 Å². The summed E-state index contributed by atoms with van der Waals surface area (Å²) in [5.41, 5.74) is 6.64. The SMILES string of the molecule is Cc1nc(-c2ccc(S(=O)(=O)NC(CN)C3CCCC3)s2)cs1.Cl. The molecular formula is C15H22ClN3O2S3. The van der Waals surface area contributed by atoms with Gasteiger partial charge in [-0.3, -0.25) is 0 Å². The summed E-state index contributed by atoms with van der Waals surface area (Å²) in [4.78, 5) is 5.29. The van der Waals surface area contributed by atoms with Gasteiger partial charge in [-0.15, -0.1) is 35.1 Å². The zero-order chi connectivity index (χ0) is 16.4. The topological polar surface area (TPSA) is 85.1 Å². The smallest absolute Gasteiger partial charge is 0.250 e. The maximum Gasteiger partial charge on any atom is 0.250 e. The second-order valence-corrected chi connectivity index (χ2v) is 9.97. The highest BCUT2D eigenvalue weighted by atomic mass is 35.5. The Hall–Kier alpha value is -0.510. The van der Waals surface area contributed by atoms with E-state index in [0.29, 0.717) is 16.7 Å². The van der Waals surface area contributed by atoms with Crippen LogP contribution in [0.1, 0.15) is 30.7 Å². The van der Waals surface area contributed by atoms with Gasteiger partial charge in [0.2, 0.25) is 10.0 Å². The van der Waals surface area contributed by atoms with Crippen molar-refractivity contribution < 1.29 is 8.42 Å². The molecule has 0 bridgehead atoms. The van der Waals surface area contributed by atoms with Crippen LogP contribution in [0.2, 0.25) is 0 Å². The van der Waals surface area contributed by atoms with Gasteiger partial charge in [-0.1, -0.05) is 12.8 Å². The van der Waals surface area contributed by atoms with Gasteiger partial charge in [0.05, 0.1) is 15.6 Å². The summed E-state index contributed by atoms with van der Waals surface area (Å²) < 4.78 is 28.4. The van der Waals surface area contributed by atoms with E-state index in [-0.39, 0.29) is 18.4 Å². The molecule has 5 nitrogen and oxygen atoms in total. The van der Waals surface area contributed by atoms with Crippen molar-refractivity contribution in [2.24, 2.45) is 11.7 Å². The van der Waals surface area contributed by atoms with Gasteiger partial charge in [-0.2, -0.15) is 0 Å². The molecule has 3 rings (SSSR count). The summed E-state index contributed by atoms with van der Waals surface area (Å²) in [6.45, 7) is 2.28. The summed E-state index contributed by atoms with van der Waals surface area (Å²) in [7, 11) is -3.53. The van der Waals surface area contributed by atoms with Crippen LogP contribution in [0.3, 0.4) is 0 Å². The lowest BCUT2D eigenvalue weighted by atomic mass is 9.99. The molecule has 1 fully saturated rings. The van der Waals surface area contributed by atoms with Gasteiger partial charge in [-0.25, -0.2) is 18.1 Å². The molecule has 2 heterocycles. The molecule has 2 aromatic heterocycles. The molecule has 0 aromatic carbocycles. The Balaban J connectivity index is 0.00000208. The first kappa shape index (κ1) is 19.8. The van der Waals surface area contributed by atoms with Gasteiger partial charge in [-0.05, 0) is 37.8 Å². The lowest BCUT2D eigenvalue weighted by Crippen LogP contribution is -2.44. The number of nitrogens with zero attached hydrogens (tertiary/aromatic N) is 1. The van der Waals surface area contributed by atoms with Crippen LogP contribution in [-0.4, -0.2) is 26.0 Å². The van der Waals surface area contributed by atoms with Gasteiger partial charge in [0.25, 0.3) is 0 Å². The third kappa shape index (κ3) is 4.36. The zero-order valence-electron chi connectivity index (χ0n) is 13.4. The number of hydrogen-bond acceptors (Lipinski definition) is 6. The van der Waals surface area contributed by atoms with E-state index >= 15 is 0 Å². The first-order chi connectivity index (χ1) is 11.0. The molecule has 0 radical (unpaired) electrons. The average molecular weight is 408 g/mol. The summed E-state index contributed by atoms with van der Waals surface area (Å²) >= 11 is 2.82. The van der Waals surface area contributed by atoms with Crippen LogP contribution in [0.4, 0.5) is 0 Å². The number of rotatable bonds is 6. The summed E-state index contributed by atoms with van der Waals surface area (Å²) in [6, 6.07) is 3.30. The fourth-order valence-electron chi connectivity index (χ4n) is 3.03. The van der Waals surface area contributed by atoms with E-state index in [9.17, 15) is 8.42 Å². The van der Waals surface area contributed by atoms with Crippen LogP contribution >= 0.6 is 35.1 Å². The van der Waals surface area contributed by atoms with Crippen molar-refractivity contribution >= 4 is 45.1 Å². The lowest BCUT2D eigenvalue weighted by Gasteiger charge is -2.22. The molecule has 1 atom stereocenters. The van der Waals surface area contributed by atoms with E-state index < -0.39 is 10.0 Å². The molecule has 0 spiro atoms. The minimum Gasteiger partial charge on any atom is -0.329 e. The summed E-state index contributed by atoms with van der Waals surface area (Å²) in [5.74, 6) is 0.357. The van der Waals surface area contributed by atoms with Crippen LogP contribution in [0.15, 0.2) is 21.7 Å². The van der Waals surface area contributed by atoms with Crippen LogP contribution in [0, 0.1) is 12.8 Å². The predicted molar refractivity (Wildman–Crippen MR) is 103 cm³/mol. The third-order valence-corrected chi connectivity index (χ3v) is 8.11. The van der Waals surface area contributed by atoms with Crippen LogP contribution in [0.5, 0.6) is 0 Å². The summed E-state index contributed by atoms with van der Waals surface area (Å²) in [5, 5.41) is 2.92. The fourth-order valence-corrected chi connectivity index (χ4v) is 6.32. The van der Waals surface area contributed by atoms with Gasteiger partial charge in [0.15, 0.2) is 0 Å². The van der Waals surface area contributed by atoms with Crippen molar-refractivity contribution in [2.75, 3.05) is 6.54 Å². The molecule has 1 aliphatic rings. The number of aryl methyl sites for hydroxylation is 1. The number of nitrogens with two attached hydrogens (primary N) is 1. The molecule has 1 unspecified atom stereocenters. The normalized spacial score (nSPS) is 16.9. The first-order valence-electron chi connectivity index (χ1n) is 7.74. The fraction of sp³-hybridized carbons (Fsp3) is 0.533. The predicted octanol–water partition coefficient (Wildman–Crippen LogP) is 3.40. The first-order valence-corrected chi connectivity index (χ1v) is 10.9. The molecule has 9 heteroatoms. The number of aromatic nitrogens is 1. The van der Waals surface area contributed by atoms with Crippen LogP contribution in [0.25, 0.3) is 10.6 Å². The van der Waals surface area contributed by atoms with Gasteiger partial charge in [0.1, 0.15) is 4.21 Å². The number of thiophene rings is 1. The zero-order valence-corrected chi connectivity index (χ0v) is 16.7. The highest BCUT2D eigenvalue weighted by Gasteiger charge is 2.29. The van der Waals surface area contributed by atoms with E-state index in [1.165, 1.54) is 11.3 Å². The number of thiazole rings is 1. The maximum atomic E-state index is 12.6. The molecule has 0 amide bonds. The van der Waals surface area contributed by atoms with E-state index in [4.69, 9.17) is 5.73 Å². The van der Waals surface area contributed by atoms with Crippen molar-refractivity contribution in [3.05, 3.63) is 22.5 Å². The second-order valence-electron chi connectivity index (χ2n) is 5.88. The lowest BCUT2D eigenvalue weighted by molar-refractivity contribution is 0.406. The van der Waals surface area contributed by atoms with Crippen LogP contribution < -0.4 is 10.5 Å². The second kappa shape index (κ2) is 8.25. The van der Waals surface area contributed by atoms with Crippen LogP contribution in [-0.2, 0) is 10.0 Å². The van der Waals surface area contributed by atoms with Gasteiger partial charge in [0, 0.05) is 18.0 Å². The highest BCUT2D eigenvalue weighted by Crippen LogP contribution is 2.32. The standard InChI is InChI=1S/C15H21N3O2S3.ClH/c1-10-17-13(9-21-10)14-6-7-15(22-14)23(19,20)18-12(8-16)11-4-2-3-5-11;/h6-7,9,11-12,18H,2-5,8,16H2,1H3;1H. The monoisotopic (exact) mass is 407 g/mol. The maximum absolute atomic E-state index is 12.6. The van der Waals surface area contributed by atoms with Crippen molar-refractivity contribution in [1.29, 1.82) is 0 Å². The molecule has 2 aromatic rings. The van der Waals surface area contributed by atoms with Crippen molar-refractivity contribution in [1.82, 2.24) is 9.71 Å². The molecular weight excluding hydrogens is 386 g/mol. The largest absolute Gasteiger partial charge is 0.329 e. The van der Waals surface area contributed by atoms with Gasteiger partial charge >= 0.3 is 0 Å². The molecule has 0 saturated heterocycles. The molecule has 3 N–H and O–H groups in total. The van der Waals surface area contributed by atoms with E-state index in [2.05, 4.69) is 9.71 Å². The average Bonchev–Trinajstić information content (AvgIpc) is 3.24. The minimum atomic E-state index is -3.53. The molecule has 134 valence electrons. The molecule has 24 heavy (non-hydrogen) atoms. The quantitative estimate of drug-likeness (QED) is 0.768. The molecule has 0 aliphatic heterocycles. The number of halogens is 1. The number of sulfonamides is 1. The Morgan fingerprint density at radius 2 is 2.08 bits per heavy atom. The molecule has 1 saturated carbocycles. The highest BCUT2D eigenvalue weighted by molar-refractivity contribution is 7.91. The summed E-state index contributed by atoms with van der Waals surface area (Å²) in [6.07, 6.45) is 4.43. The third-order valence-electron chi connectivity index (χ3n) is 4.25. The Morgan fingerprint density at radius 3 is 2.67 bits per heavy atom. The van der Waals surface area contributed by atoms with E-state index in [1.807, 2.05) is 18.4 Å². The Bertz CT molecular complexity index is 767. The minimum absolute atomic E-state index is 0. The number of hydrogen-bond donors (Lipinski definition) is 2.